The first-order valence-corrected chi connectivity index (χ1v) is 6.24. The fraction of sp³-hybridized carbons (Fsp3) is 0.400. The quantitative estimate of drug-likeness (QED) is 0.764. The smallest absolute Gasteiger partial charge is 0.273 e. The number of nitrogens with two attached hydrogens (primary N) is 1. The minimum atomic E-state index is -4.15. The lowest BCUT2D eigenvalue weighted by molar-refractivity contribution is 0.451. The molecule has 84 valence electrons. The van der Waals surface area contributed by atoms with Crippen LogP contribution in [0.4, 0.5) is 0 Å². The van der Waals surface area contributed by atoms with E-state index in [1.54, 1.807) is 37.3 Å². The third kappa shape index (κ3) is 3.02. The predicted octanol–water partition coefficient (Wildman–Crippen LogP) is 1.35. The van der Waals surface area contributed by atoms with Gasteiger partial charge in [-0.2, -0.15) is 8.42 Å². The summed E-state index contributed by atoms with van der Waals surface area (Å²) in [7, 11) is -4.15. The monoisotopic (exact) mass is 229 g/mol. The summed E-state index contributed by atoms with van der Waals surface area (Å²) in [6.45, 7) is 1.78. The number of hydrogen-bond acceptors (Lipinski definition) is 3. The Bertz CT molecular complexity index is 402. The van der Waals surface area contributed by atoms with Crippen LogP contribution in [0.2, 0.25) is 0 Å². The van der Waals surface area contributed by atoms with Crippen LogP contribution in [0.5, 0.6) is 0 Å². The summed E-state index contributed by atoms with van der Waals surface area (Å²) in [6, 6.07) is 7.91. The van der Waals surface area contributed by atoms with Gasteiger partial charge in [0.1, 0.15) is 5.25 Å². The predicted molar refractivity (Wildman–Crippen MR) is 59.0 cm³/mol. The second kappa shape index (κ2) is 4.74. The SMILES string of the molecule is CC[C@H](N)[C@@H](c1ccccc1)S(=O)(=O)O. The van der Waals surface area contributed by atoms with E-state index < -0.39 is 21.4 Å². The average molecular weight is 229 g/mol. The highest BCUT2D eigenvalue weighted by Crippen LogP contribution is 2.25. The van der Waals surface area contributed by atoms with Crippen molar-refractivity contribution < 1.29 is 13.0 Å². The molecule has 0 unspecified atom stereocenters. The largest absolute Gasteiger partial charge is 0.326 e. The second-order valence-electron chi connectivity index (χ2n) is 3.42. The van der Waals surface area contributed by atoms with Gasteiger partial charge in [-0.25, -0.2) is 0 Å². The fourth-order valence-electron chi connectivity index (χ4n) is 1.50. The van der Waals surface area contributed by atoms with Crippen molar-refractivity contribution in [3.8, 4) is 0 Å². The zero-order valence-electron chi connectivity index (χ0n) is 8.50. The van der Waals surface area contributed by atoms with Crippen molar-refractivity contribution in [1.29, 1.82) is 0 Å². The van der Waals surface area contributed by atoms with E-state index in [1.165, 1.54) is 0 Å². The molecule has 0 bridgehead atoms. The number of hydrogen-bond donors (Lipinski definition) is 2. The van der Waals surface area contributed by atoms with E-state index in [0.29, 0.717) is 12.0 Å². The summed E-state index contributed by atoms with van der Waals surface area (Å²) < 4.78 is 31.5. The Morgan fingerprint density at radius 3 is 2.27 bits per heavy atom. The van der Waals surface area contributed by atoms with E-state index in [1.807, 2.05) is 0 Å². The van der Waals surface area contributed by atoms with Crippen LogP contribution in [0, 0.1) is 0 Å². The molecular weight excluding hydrogens is 214 g/mol. The number of rotatable bonds is 4. The Balaban J connectivity index is 3.14. The Hall–Kier alpha value is -0.910. The van der Waals surface area contributed by atoms with E-state index in [0.717, 1.165) is 0 Å². The van der Waals surface area contributed by atoms with Gasteiger partial charge in [0.25, 0.3) is 10.1 Å². The third-order valence-electron chi connectivity index (χ3n) is 2.31. The molecule has 0 spiro atoms. The van der Waals surface area contributed by atoms with Crippen LogP contribution in [-0.4, -0.2) is 19.0 Å². The van der Waals surface area contributed by atoms with Crippen LogP contribution >= 0.6 is 0 Å². The van der Waals surface area contributed by atoms with E-state index >= 15 is 0 Å². The summed E-state index contributed by atoms with van der Waals surface area (Å²) in [5, 5.41) is -1.04. The van der Waals surface area contributed by atoms with Crippen LogP contribution in [0.1, 0.15) is 24.2 Å². The van der Waals surface area contributed by atoms with E-state index in [-0.39, 0.29) is 0 Å². The Kier molecular flexibility index (Phi) is 3.84. The molecule has 0 aliphatic rings. The molecule has 5 heteroatoms. The van der Waals surface area contributed by atoms with Crippen LogP contribution < -0.4 is 5.73 Å². The molecular formula is C10H15NO3S. The molecule has 0 saturated heterocycles. The Labute approximate surface area is 89.9 Å². The van der Waals surface area contributed by atoms with E-state index in [2.05, 4.69) is 0 Å². The Morgan fingerprint density at radius 2 is 1.87 bits per heavy atom. The van der Waals surface area contributed by atoms with Gasteiger partial charge in [0.2, 0.25) is 0 Å². The molecule has 0 aromatic heterocycles. The number of benzene rings is 1. The second-order valence-corrected chi connectivity index (χ2v) is 4.96. The van der Waals surface area contributed by atoms with Crippen molar-refractivity contribution in [1.82, 2.24) is 0 Å². The van der Waals surface area contributed by atoms with Crippen molar-refractivity contribution in [2.75, 3.05) is 0 Å². The lowest BCUT2D eigenvalue weighted by atomic mass is 10.0. The van der Waals surface area contributed by atoms with Gasteiger partial charge in [-0.3, -0.25) is 4.55 Å². The molecule has 1 aromatic rings. The van der Waals surface area contributed by atoms with Gasteiger partial charge in [0.15, 0.2) is 0 Å². The molecule has 4 nitrogen and oxygen atoms in total. The van der Waals surface area contributed by atoms with Crippen LogP contribution in [0.15, 0.2) is 30.3 Å². The summed E-state index contributed by atoms with van der Waals surface area (Å²) in [5.41, 5.74) is 6.22. The van der Waals surface area contributed by atoms with E-state index in [9.17, 15) is 8.42 Å². The van der Waals surface area contributed by atoms with Gasteiger partial charge in [0, 0.05) is 6.04 Å². The first-order chi connectivity index (χ1) is 6.96. The van der Waals surface area contributed by atoms with Crippen LogP contribution in [0.25, 0.3) is 0 Å². The zero-order chi connectivity index (χ0) is 11.5. The molecule has 1 aromatic carbocycles. The standard InChI is InChI=1S/C10H15NO3S/c1-2-9(11)10(15(12,13)14)8-6-4-3-5-7-8/h3-7,9-10H,2,11H2,1H3,(H,12,13,14)/t9-,10+/m0/s1. The minimum Gasteiger partial charge on any atom is -0.326 e. The molecule has 15 heavy (non-hydrogen) atoms. The molecule has 0 heterocycles. The third-order valence-corrected chi connectivity index (χ3v) is 3.57. The summed E-state index contributed by atoms with van der Waals surface area (Å²) in [5.74, 6) is 0. The minimum absolute atomic E-state index is 0.485. The molecule has 0 fully saturated rings. The molecule has 0 aliphatic heterocycles. The maximum absolute atomic E-state index is 11.2. The summed E-state index contributed by atoms with van der Waals surface area (Å²) in [4.78, 5) is 0. The fourth-order valence-corrected chi connectivity index (χ4v) is 2.63. The lowest BCUT2D eigenvalue weighted by Crippen LogP contribution is -2.32. The lowest BCUT2D eigenvalue weighted by Gasteiger charge is -2.20. The summed E-state index contributed by atoms with van der Waals surface area (Å²) in [6.07, 6.45) is 0.485. The van der Waals surface area contributed by atoms with Crippen molar-refractivity contribution in [2.24, 2.45) is 5.73 Å². The van der Waals surface area contributed by atoms with Gasteiger partial charge in [-0.05, 0) is 12.0 Å². The van der Waals surface area contributed by atoms with Crippen LogP contribution in [0.3, 0.4) is 0 Å². The maximum atomic E-state index is 11.2. The van der Waals surface area contributed by atoms with Gasteiger partial charge < -0.3 is 5.73 Å². The van der Waals surface area contributed by atoms with Crippen molar-refractivity contribution >= 4 is 10.1 Å². The van der Waals surface area contributed by atoms with E-state index in [4.69, 9.17) is 10.3 Å². The van der Waals surface area contributed by atoms with Crippen molar-refractivity contribution in [3.63, 3.8) is 0 Å². The molecule has 0 aliphatic carbocycles. The normalized spacial score (nSPS) is 15.9. The summed E-state index contributed by atoms with van der Waals surface area (Å²) >= 11 is 0. The molecule has 0 saturated carbocycles. The molecule has 2 atom stereocenters. The topological polar surface area (TPSA) is 80.4 Å². The maximum Gasteiger partial charge on any atom is 0.273 e. The van der Waals surface area contributed by atoms with Crippen molar-refractivity contribution in [3.05, 3.63) is 35.9 Å². The molecule has 1 rings (SSSR count). The van der Waals surface area contributed by atoms with Crippen LogP contribution in [-0.2, 0) is 10.1 Å². The van der Waals surface area contributed by atoms with Gasteiger partial charge >= 0.3 is 0 Å². The van der Waals surface area contributed by atoms with Gasteiger partial charge in [-0.1, -0.05) is 37.3 Å². The molecule has 0 amide bonds. The first-order valence-electron chi connectivity index (χ1n) is 4.73. The highest BCUT2D eigenvalue weighted by molar-refractivity contribution is 7.86. The first kappa shape index (κ1) is 12.2. The van der Waals surface area contributed by atoms with Gasteiger partial charge in [0.05, 0.1) is 0 Å². The zero-order valence-corrected chi connectivity index (χ0v) is 9.31. The molecule has 3 N–H and O–H groups in total. The van der Waals surface area contributed by atoms with Crippen molar-refractivity contribution in [2.45, 2.75) is 24.6 Å². The highest BCUT2D eigenvalue weighted by Gasteiger charge is 2.30. The Morgan fingerprint density at radius 1 is 1.33 bits per heavy atom. The average Bonchev–Trinajstić information content (AvgIpc) is 2.17. The highest BCUT2D eigenvalue weighted by atomic mass is 32.2. The molecule has 0 radical (unpaired) electrons. The van der Waals surface area contributed by atoms with Gasteiger partial charge in [-0.15, -0.1) is 0 Å².